The Hall–Kier alpha value is -1.91. The van der Waals surface area contributed by atoms with Gasteiger partial charge in [0.25, 0.3) is 0 Å². The zero-order chi connectivity index (χ0) is 16.4. The summed E-state index contributed by atoms with van der Waals surface area (Å²) < 4.78 is 0. The molecule has 0 radical (unpaired) electrons. The van der Waals surface area contributed by atoms with Crippen molar-refractivity contribution in [3.8, 4) is 0 Å². The van der Waals surface area contributed by atoms with Crippen molar-refractivity contribution in [1.29, 1.82) is 0 Å². The fourth-order valence-electron chi connectivity index (χ4n) is 3.01. The van der Waals surface area contributed by atoms with Gasteiger partial charge in [0.15, 0.2) is 0 Å². The molecule has 0 saturated heterocycles. The Labute approximate surface area is 140 Å². The summed E-state index contributed by atoms with van der Waals surface area (Å²) in [4.78, 5) is 15.1. The highest BCUT2D eigenvalue weighted by molar-refractivity contribution is 7.15. The molecule has 1 heterocycles. The molecular formula is C19H21NO2S. The van der Waals surface area contributed by atoms with E-state index >= 15 is 0 Å². The number of hydrogen-bond acceptors (Lipinski definition) is 3. The summed E-state index contributed by atoms with van der Waals surface area (Å²) in [6, 6.07) is 10.3. The molecule has 1 aromatic carbocycles. The molecule has 0 fully saturated rings. The number of carboxylic acid groups (broad SMARTS) is 1. The fourth-order valence-corrected chi connectivity index (χ4v) is 4.11. The number of benzene rings is 1. The van der Waals surface area contributed by atoms with Crippen molar-refractivity contribution in [2.75, 3.05) is 20.6 Å². The van der Waals surface area contributed by atoms with Crippen LogP contribution in [0, 0.1) is 0 Å². The first-order valence-electron chi connectivity index (χ1n) is 7.86. The number of carbonyl (C=O) groups is 1. The average molecular weight is 327 g/mol. The predicted octanol–water partition coefficient (Wildman–Crippen LogP) is 3.93. The van der Waals surface area contributed by atoms with Gasteiger partial charge in [-0.3, -0.25) is 0 Å². The molecule has 23 heavy (non-hydrogen) atoms. The Kier molecular flexibility index (Phi) is 4.64. The van der Waals surface area contributed by atoms with E-state index in [0.717, 1.165) is 30.7 Å². The first kappa shape index (κ1) is 16.0. The first-order chi connectivity index (χ1) is 11.1. The lowest BCUT2D eigenvalue weighted by molar-refractivity contribution is 0.0702. The largest absolute Gasteiger partial charge is 0.477 e. The van der Waals surface area contributed by atoms with Gasteiger partial charge in [-0.15, -0.1) is 11.3 Å². The van der Waals surface area contributed by atoms with Gasteiger partial charge in [-0.05, 0) is 61.7 Å². The van der Waals surface area contributed by atoms with Crippen molar-refractivity contribution in [1.82, 2.24) is 4.90 Å². The Morgan fingerprint density at radius 1 is 1.26 bits per heavy atom. The molecule has 0 spiro atoms. The fraction of sp³-hybridized carbons (Fsp3) is 0.316. The van der Waals surface area contributed by atoms with Gasteiger partial charge in [-0.25, -0.2) is 4.79 Å². The van der Waals surface area contributed by atoms with Crippen LogP contribution in [0.1, 0.15) is 37.7 Å². The summed E-state index contributed by atoms with van der Waals surface area (Å²) in [7, 11) is 4.14. The second-order valence-corrected chi connectivity index (χ2v) is 7.19. The summed E-state index contributed by atoms with van der Waals surface area (Å²) in [5, 5.41) is 9.32. The van der Waals surface area contributed by atoms with Gasteiger partial charge in [-0.1, -0.05) is 30.3 Å². The van der Waals surface area contributed by atoms with Crippen molar-refractivity contribution in [3.05, 3.63) is 62.9 Å². The molecule has 0 unspecified atom stereocenters. The van der Waals surface area contributed by atoms with Gasteiger partial charge in [0, 0.05) is 11.4 Å². The number of aromatic carboxylic acids is 1. The first-order valence-corrected chi connectivity index (χ1v) is 8.67. The summed E-state index contributed by atoms with van der Waals surface area (Å²) >= 11 is 1.41. The molecule has 3 nitrogen and oxygen atoms in total. The lowest BCUT2D eigenvalue weighted by Gasteiger charge is -2.11. The SMILES string of the molecule is CN(C)CC/C=C1/c2ccccc2CCc2cc(C(=O)O)sc21. The average Bonchev–Trinajstić information content (AvgIpc) is 2.88. The Balaban J connectivity index is 2.08. The molecule has 1 aromatic heterocycles. The van der Waals surface area contributed by atoms with E-state index < -0.39 is 5.97 Å². The normalized spacial score (nSPS) is 15.3. The molecule has 4 heteroatoms. The minimum atomic E-state index is -0.830. The summed E-state index contributed by atoms with van der Waals surface area (Å²) in [6.45, 7) is 0.984. The smallest absolute Gasteiger partial charge is 0.345 e. The van der Waals surface area contributed by atoms with Crippen LogP contribution in [0.2, 0.25) is 0 Å². The van der Waals surface area contributed by atoms with Crippen LogP contribution >= 0.6 is 11.3 Å². The molecule has 2 aromatic rings. The molecule has 0 atom stereocenters. The van der Waals surface area contributed by atoms with Gasteiger partial charge >= 0.3 is 5.97 Å². The van der Waals surface area contributed by atoms with E-state index in [9.17, 15) is 9.90 Å². The maximum absolute atomic E-state index is 11.3. The van der Waals surface area contributed by atoms with Crippen molar-refractivity contribution >= 4 is 22.9 Å². The van der Waals surface area contributed by atoms with E-state index in [1.165, 1.54) is 33.6 Å². The maximum Gasteiger partial charge on any atom is 0.345 e. The zero-order valence-corrected chi connectivity index (χ0v) is 14.3. The molecule has 1 N–H and O–H groups in total. The second kappa shape index (κ2) is 6.69. The number of carboxylic acids is 1. The van der Waals surface area contributed by atoms with Gasteiger partial charge in [-0.2, -0.15) is 0 Å². The van der Waals surface area contributed by atoms with E-state index in [4.69, 9.17) is 0 Å². The molecule has 0 bridgehead atoms. The van der Waals surface area contributed by atoms with Crippen LogP contribution in [0.3, 0.4) is 0 Å². The zero-order valence-electron chi connectivity index (χ0n) is 13.5. The van der Waals surface area contributed by atoms with Crippen molar-refractivity contribution in [2.45, 2.75) is 19.3 Å². The molecule has 0 amide bonds. The van der Waals surface area contributed by atoms with E-state index in [2.05, 4.69) is 49.3 Å². The highest BCUT2D eigenvalue weighted by Crippen LogP contribution is 2.38. The number of thiophene rings is 1. The summed E-state index contributed by atoms with van der Waals surface area (Å²) in [6.07, 6.45) is 5.09. The molecule has 1 aliphatic carbocycles. The van der Waals surface area contributed by atoms with Gasteiger partial charge < -0.3 is 10.0 Å². The second-order valence-electron chi connectivity index (χ2n) is 6.14. The minimum absolute atomic E-state index is 0.438. The number of nitrogens with zero attached hydrogens (tertiary/aromatic N) is 1. The van der Waals surface area contributed by atoms with E-state index in [1.807, 2.05) is 6.07 Å². The highest BCUT2D eigenvalue weighted by Gasteiger charge is 2.22. The molecule has 1 aliphatic rings. The van der Waals surface area contributed by atoms with Crippen LogP contribution in [0.25, 0.3) is 5.57 Å². The molecule has 120 valence electrons. The van der Waals surface area contributed by atoms with Crippen LogP contribution in [0.15, 0.2) is 36.4 Å². The number of hydrogen-bond donors (Lipinski definition) is 1. The topological polar surface area (TPSA) is 40.5 Å². The van der Waals surface area contributed by atoms with Crippen LogP contribution in [-0.4, -0.2) is 36.6 Å². The molecular weight excluding hydrogens is 306 g/mol. The standard InChI is InChI=1S/C19H21NO2S/c1-20(2)11-5-8-16-15-7-4-3-6-13(15)9-10-14-12-17(19(21)22)23-18(14)16/h3-4,6-8,12H,5,9-11H2,1-2H3,(H,21,22)/b16-8-. The monoisotopic (exact) mass is 327 g/mol. The number of aryl methyl sites for hydroxylation is 2. The maximum atomic E-state index is 11.3. The van der Waals surface area contributed by atoms with Crippen LogP contribution in [-0.2, 0) is 12.8 Å². The van der Waals surface area contributed by atoms with Gasteiger partial charge in [0.1, 0.15) is 4.88 Å². The summed E-state index contributed by atoms with van der Waals surface area (Å²) in [5.74, 6) is -0.830. The number of rotatable bonds is 4. The van der Waals surface area contributed by atoms with Crippen LogP contribution in [0.5, 0.6) is 0 Å². The van der Waals surface area contributed by atoms with E-state index in [0.29, 0.717) is 4.88 Å². The summed E-state index contributed by atoms with van der Waals surface area (Å²) in [5.41, 5.74) is 4.97. The van der Waals surface area contributed by atoms with Crippen molar-refractivity contribution < 1.29 is 9.90 Å². The highest BCUT2D eigenvalue weighted by atomic mass is 32.1. The Bertz CT molecular complexity index is 758. The van der Waals surface area contributed by atoms with Crippen LogP contribution in [0.4, 0.5) is 0 Å². The quantitative estimate of drug-likeness (QED) is 0.925. The third-order valence-corrected chi connectivity index (χ3v) is 5.36. The lowest BCUT2D eigenvalue weighted by Crippen LogP contribution is -2.12. The number of fused-ring (bicyclic) bond motifs is 2. The Morgan fingerprint density at radius 2 is 2.00 bits per heavy atom. The predicted molar refractivity (Wildman–Crippen MR) is 95.4 cm³/mol. The van der Waals surface area contributed by atoms with Gasteiger partial charge in [0.05, 0.1) is 0 Å². The Morgan fingerprint density at radius 3 is 2.74 bits per heavy atom. The minimum Gasteiger partial charge on any atom is -0.477 e. The lowest BCUT2D eigenvalue weighted by atomic mass is 9.98. The van der Waals surface area contributed by atoms with E-state index in [1.54, 1.807) is 0 Å². The van der Waals surface area contributed by atoms with Gasteiger partial charge in [0.2, 0.25) is 0 Å². The molecule has 3 rings (SSSR count). The van der Waals surface area contributed by atoms with Crippen LogP contribution < -0.4 is 0 Å². The third-order valence-electron chi connectivity index (χ3n) is 4.16. The van der Waals surface area contributed by atoms with Crippen molar-refractivity contribution in [3.63, 3.8) is 0 Å². The van der Waals surface area contributed by atoms with E-state index in [-0.39, 0.29) is 0 Å². The molecule has 0 aliphatic heterocycles. The third kappa shape index (κ3) is 3.38. The molecule has 0 saturated carbocycles. The van der Waals surface area contributed by atoms with Crippen molar-refractivity contribution in [2.24, 2.45) is 0 Å².